The van der Waals surface area contributed by atoms with Crippen LogP contribution in [0.25, 0.3) is 5.65 Å². The fraction of sp³-hybridized carbons (Fsp3) is 0.455. The third-order valence-electron chi connectivity index (χ3n) is 2.98. The number of hydrogen-bond donors (Lipinski definition) is 1. The van der Waals surface area contributed by atoms with Crippen molar-refractivity contribution in [2.24, 2.45) is 0 Å². The molecule has 0 aliphatic carbocycles. The van der Waals surface area contributed by atoms with Gasteiger partial charge in [0.1, 0.15) is 5.82 Å². The van der Waals surface area contributed by atoms with Crippen LogP contribution < -0.4 is 5.32 Å². The Hall–Kier alpha value is -1.42. The van der Waals surface area contributed by atoms with Gasteiger partial charge in [-0.05, 0) is 31.5 Å². The normalized spacial score (nSPS) is 21.2. The molecule has 0 saturated carbocycles. The fourth-order valence-electron chi connectivity index (χ4n) is 2.18. The van der Waals surface area contributed by atoms with Gasteiger partial charge in [0.2, 0.25) is 0 Å². The molecule has 2 aromatic rings. The average Bonchev–Trinajstić information content (AvgIpc) is 2.89. The van der Waals surface area contributed by atoms with Gasteiger partial charge in [-0.1, -0.05) is 6.07 Å². The number of hydrogen-bond acceptors (Lipinski definition) is 3. The Morgan fingerprint density at radius 3 is 3.27 bits per heavy atom. The molecule has 1 saturated heterocycles. The molecule has 0 radical (unpaired) electrons. The third-order valence-corrected chi connectivity index (χ3v) is 2.98. The van der Waals surface area contributed by atoms with E-state index >= 15 is 0 Å². The molecule has 4 heteroatoms. The summed E-state index contributed by atoms with van der Waals surface area (Å²) in [4.78, 5) is 0. The summed E-state index contributed by atoms with van der Waals surface area (Å²) in [5, 5.41) is 11.9. The SMILES string of the molecule is c1ccn2c(CC3CCCN3)nnc2c1. The summed E-state index contributed by atoms with van der Waals surface area (Å²) < 4.78 is 2.07. The Bertz CT molecular complexity index is 456. The van der Waals surface area contributed by atoms with E-state index in [1.807, 2.05) is 24.4 Å². The van der Waals surface area contributed by atoms with E-state index in [1.165, 1.54) is 12.8 Å². The predicted octanol–water partition coefficient (Wildman–Crippen LogP) is 1.02. The first-order valence-corrected chi connectivity index (χ1v) is 5.45. The summed E-state index contributed by atoms with van der Waals surface area (Å²) >= 11 is 0. The van der Waals surface area contributed by atoms with Crippen LogP contribution in [0.2, 0.25) is 0 Å². The second-order valence-corrected chi connectivity index (χ2v) is 4.04. The highest BCUT2D eigenvalue weighted by Gasteiger charge is 2.17. The van der Waals surface area contributed by atoms with Crippen molar-refractivity contribution in [3.05, 3.63) is 30.2 Å². The van der Waals surface area contributed by atoms with Crippen molar-refractivity contribution in [3.8, 4) is 0 Å². The van der Waals surface area contributed by atoms with Gasteiger partial charge in [0, 0.05) is 18.7 Å². The molecular formula is C11H14N4. The fourth-order valence-corrected chi connectivity index (χ4v) is 2.18. The highest BCUT2D eigenvalue weighted by Crippen LogP contribution is 2.11. The predicted molar refractivity (Wildman–Crippen MR) is 57.7 cm³/mol. The molecule has 0 amide bonds. The zero-order chi connectivity index (χ0) is 10.1. The lowest BCUT2D eigenvalue weighted by atomic mass is 10.1. The summed E-state index contributed by atoms with van der Waals surface area (Å²) in [6.45, 7) is 1.14. The second kappa shape index (κ2) is 3.62. The molecule has 0 spiro atoms. The maximum absolute atomic E-state index is 4.23. The second-order valence-electron chi connectivity index (χ2n) is 4.04. The Balaban J connectivity index is 1.90. The van der Waals surface area contributed by atoms with Gasteiger partial charge < -0.3 is 5.32 Å². The maximum atomic E-state index is 4.23. The molecule has 2 aromatic heterocycles. The molecule has 3 heterocycles. The van der Waals surface area contributed by atoms with Crippen LogP contribution in [0.3, 0.4) is 0 Å². The molecule has 3 rings (SSSR count). The summed E-state index contributed by atoms with van der Waals surface area (Å²) in [5.74, 6) is 1.06. The van der Waals surface area contributed by atoms with Gasteiger partial charge in [-0.25, -0.2) is 0 Å². The Morgan fingerprint density at radius 2 is 2.40 bits per heavy atom. The lowest BCUT2D eigenvalue weighted by molar-refractivity contribution is 0.582. The van der Waals surface area contributed by atoms with Gasteiger partial charge in [-0.3, -0.25) is 4.40 Å². The van der Waals surface area contributed by atoms with E-state index in [2.05, 4.69) is 19.9 Å². The molecule has 1 fully saturated rings. The van der Waals surface area contributed by atoms with E-state index in [1.54, 1.807) is 0 Å². The van der Waals surface area contributed by atoms with E-state index < -0.39 is 0 Å². The maximum Gasteiger partial charge on any atom is 0.160 e. The van der Waals surface area contributed by atoms with Crippen LogP contribution in [0.1, 0.15) is 18.7 Å². The minimum Gasteiger partial charge on any atom is -0.314 e. The zero-order valence-corrected chi connectivity index (χ0v) is 8.56. The summed E-state index contributed by atoms with van der Waals surface area (Å²) in [6.07, 6.45) is 5.54. The number of aromatic nitrogens is 3. The lowest BCUT2D eigenvalue weighted by Crippen LogP contribution is -2.24. The molecule has 1 atom stereocenters. The van der Waals surface area contributed by atoms with E-state index in [0.29, 0.717) is 6.04 Å². The lowest BCUT2D eigenvalue weighted by Gasteiger charge is -2.07. The van der Waals surface area contributed by atoms with E-state index in [9.17, 15) is 0 Å². The van der Waals surface area contributed by atoms with Crippen LogP contribution >= 0.6 is 0 Å². The van der Waals surface area contributed by atoms with Gasteiger partial charge in [0.25, 0.3) is 0 Å². The van der Waals surface area contributed by atoms with Crippen LogP contribution in [0.5, 0.6) is 0 Å². The molecule has 0 aromatic carbocycles. The number of nitrogens with zero attached hydrogens (tertiary/aromatic N) is 3. The Labute approximate surface area is 88.3 Å². The molecule has 1 aliphatic rings. The summed E-state index contributed by atoms with van der Waals surface area (Å²) in [7, 11) is 0. The highest BCUT2D eigenvalue weighted by molar-refractivity contribution is 5.37. The van der Waals surface area contributed by atoms with E-state index in [0.717, 1.165) is 24.4 Å². The van der Waals surface area contributed by atoms with Gasteiger partial charge in [-0.2, -0.15) is 0 Å². The molecule has 15 heavy (non-hydrogen) atoms. The standard InChI is InChI=1S/C11H14N4/c1-2-7-15-10(5-1)13-14-11(15)8-9-4-3-6-12-9/h1-2,5,7,9,12H,3-4,6,8H2. The molecule has 1 unspecified atom stereocenters. The minimum absolute atomic E-state index is 0.581. The van der Waals surface area contributed by atoms with Crippen molar-refractivity contribution in [3.63, 3.8) is 0 Å². The Kier molecular flexibility index (Phi) is 2.14. The number of pyridine rings is 1. The molecule has 78 valence electrons. The monoisotopic (exact) mass is 202 g/mol. The van der Waals surface area contributed by atoms with Crippen LogP contribution in [0.4, 0.5) is 0 Å². The first kappa shape index (κ1) is 8.85. The van der Waals surface area contributed by atoms with E-state index in [-0.39, 0.29) is 0 Å². The summed E-state index contributed by atoms with van der Waals surface area (Å²) in [5.41, 5.74) is 0.936. The van der Waals surface area contributed by atoms with Gasteiger partial charge in [0.15, 0.2) is 5.65 Å². The van der Waals surface area contributed by atoms with Crippen molar-refractivity contribution in [1.82, 2.24) is 19.9 Å². The van der Waals surface area contributed by atoms with Crippen molar-refractivity contribution in [1.29, 1.82) is 0 Å². The van der Waals surface area contributed by atoms with Gasteiger partial charge in [-0.15, -0.1) is 10.2 Å². The number of fused-ring (bicyclic) bond motifs is 1. The van der Waals surface area contributed by atoms with Crippen molar-refractivity contribution in [2.75, 3.05) is 6.54 Å². The molecule has 0 bridgehead atoms. The zero-order valence-electron chi connectivity index (χ0n) is 8.56. The first-order valence-electron chi connectivity index (χ1n) is 5.45. The van der Waals surface area contributed by atoms with Crippen molar-refractivity contribution in [2.45, 2.75) is 25.3 Å². The smallest absolute Gasteiger partial charge is 0.160 e. The first-order chi connectivity index (χ1) is 7.43. The van der Waals surface area contributed by atoms with Crippen LogP contribution in [0, 0.1) is 0 Å². The van der Waals surface area contributed by atoms with Crippen molar-refractivity contribution >= 4 is 5.65 Å². The third kappa shape index (κ3) is 1.61. The van der Waals surface area contributed by atoms with Crippen LogP contribution in [-0.4, -0.2) is 27.2 Å². The average molecular weight is 202 g/mol. The van der Waals surface area contributed by atoms with Crippen molar-refractivity contribution < 1.29 is 0 Å². The van der Waals surface area contributed by atoms with Crippen LogP contribution in [0.15, 0.2) is 24.4 Å². The topological polar surface area (TPSA) is 42.2 Å². The Morgan fingerprint density at radius 1 is 1.40 bits per heavy atom. The van der Waals surface area contributed by atoms with E-state index in [4.69, 9.17) is 0 Å². The molecule has 1 N–H and O–H groups in total. The number of nitrogens with one attached hydrogen (secondary N) is 1. The molecular weight excluding hydrogens is 188 g/mol. The molecule has 1 aliphatic heterocycles. The highest BCUT2D eigenvalue weighted by atomic mass is 15.2. The molecule has 4 nitrogen and oxygen atoms in total. The summed E-state index contributed by atoms with van der Waals surface area (Å²) in [6, 6.07) is 6.57. The number of rotatable bonds is 2. The largest absolute Gasteiger partial charge is 0.314 e. The van der Waals surface area contributed by atoms with Gasteiger partial charge >= 0.3 is 0 Å². The van der Waals surface area contributed by atoms with Crippen LogP contribution in [-0.2, 0) is 6.42 Å². The minimum atomic E-state index is 0.581. The van der Waals surface area contributed by atoms with Gasteiger partial charge in [0.05, 0.1) is 0 Å². The quantitative estimate of drug-likeness (QED) is 0.790.